The number of esters is 1. The molecule has 0 aliphatic rings. The summed E-state index contributed by atoms with van der Waals surface area (Å²) in [6, 6.07) is 7.35. The van der Waals surface area contributed by atoms with Crippen LogP contribution in [-0.2, 0) is 26.1 Å². The van der Waals surface area contributed by atoms with Crippen molar-refractivity contribution in [2.45, 2.75) is 32.2 Å². The summed E-state index contributed by atoms with van der Waals surface area (Å²) < 4.78 is 29.5. The number of carbonyl (C=O) groups excluding carboxylic acids is 2. The lowest BCUT2D eigenvalue weighted by atomic mass is 10.2. The molecule has 26 heavy (non-hydrogen) atoms. The van der Waals surface area contributed by atoms with E-state index in [1.54, 1.807) is 37.5 Å². The molecule has 1 heterocycles. The molecule has 2 aromatic rings. The minimum Gasteiger partial charge on any atom is -0.462 e. The maximum atomic E-state index is 12.3. The molecular weight excluding hydrogens is 358 g/mol. The minimum atomic E-state index is -3.85. The summed E-state index contributed by atoms with van der Waals surface area (Å²) in [5.41, 5.74) is 2.08. The Kier molecular flexibility index (Phi) is 5.83. The zero-order valence-corrected chi connectivity index (χ0v) is 15.6. The highest BCUT2D eigenvalue weighted by atomic mass is 32.2. The van der Waals surface area contributed by atoms with Gasteiger partial charge in [-0.15, -0.1) is 0 Å². The summed E-state index contributed by atoms with van der Waals surface area (Å²) in [7, 11) is -3.85. The van der Waals surface area contributed by atoms with Gasteiger partial charge in [0.05, 0.1) is 17.1 Å². The molecule has 0 aliphatic heterocycles. The fourth-order valence-corrected chi connectivity index (χ4v) is 3.11. The van der Waals surface area contributed by atoms with Crippen molar-refractivity contribution < 1.29 is 22.7 Å². The van der Waals surface area contributed by atoms with Crippen LogP contribution in [0, 0.1) is 13.8 Å². The number of primary sulfonamides is 1. The summed E-state index contributed by atoms with van der Waals surface area (Å²) in [5, 5.41) is 7.71. The normalized spacial score (nSPS) is 11.2. The quantitative estimate of drug-likeness (QED) is 0.738. The van der Waals surface area contributed by atoms with Crippen LogP contribution in [0.5, 0.6) is 0 Å². The molecule has 0 saturated heterocycles. The highest BCUT2D eigenvalue weighted by Gasteiger charge is 2.18. The molecule has 0 atom stereocenters. The molecule has 8 nitrogen and oxygen atoms in total. The van der Waals surface area contributed by atoms with Gasteiger partial charge in [0.1, 0.15) is 6.54 Å². The Hall–Kier alpha value is -2.65. The maximum absolute atomic E-state index is 12.3. The first kappa shape index (κ1) is 19.7. The molecule has 0 unspecified atom stereocenters. The Labute approximate surface area is 152 Å². The lowest BCUT2D eigenvalue weighted by Gasteiger charge is -2.11. The van der Waals surface area contributed by atoms with Crippen molar-refractivity contribution in [3.8, 4) is 0 Å². The first-order valence-electron chi connectivity index (χ1n) is 7.90. The first-order valence-corrected chi connectivity index (χ1v) is 9.44. The third kappa shape index (κ3) is 4.50. The van der Waals surface area contributed by atoms with E-state index in [4.69, 9.17) is 9.88 Å². The standard InChI is InChI=1S/C17H21N3O5S/c1-4-25-17(22)15-8-11(2)20(12(15)3)10-16(21)19-13-6-5-7-14(9-13)26(18,23)24/h5-9H,4,10H2,1-3H3,(H,19,21)(H2,18,23,24). The second kappa shape index (κ2) is 7.71. The molecule has 0 fully saturated rings. The summed E-state index contributed by atoms with van der Waals surface area (Å²) in [5.74, 6) is -0.804. The molecule has 9 heteroatoms. The zero-order chi connectivity index (χ0) is 19.5. The van der Waals surface area contributed by atoms with Gasteiger partial charge < -0.3 is 14.6 Å². The topological polar surface area (TPSA) is 120 Å². The van der Waals surface area contributed by atoms with Crippen LogP contribution in [0.25, 0.3) is 0 Å². The van der Waals surface area contributed by atoms with E-state index < -0.39 is 16.0 Å². The third-order valence-electron chi connectivity index (χ3n) is 3.82. The minimum absolute atomic E-state index is 0.0311. The number of ether oxygens (including phenoxy) is 1. The number of anilines is 1. The van der Waals surface area contributed by atoms with Crippen LogP contribution in [0.2, 0.25) is 0 Å². The number of sulfonamides is 1. The number of carbonyl (C=O) groups is 2. The van der Waals surface area contributed by atoms with E-state index in [0.29, 0.717) is 16.9 Å². The summed E-state index contributed by atoms with van der Waals surface area (Å²) in [6.45, 7) is 5.47. The van der Waals surface area contributed by atoms with Crippen LogP contribution in [0.4, 0.5) is 5.69 Å². The third-order valence-corrected chi connectivity index (χ3v) is 4.73. The van der Waals surface area contributed by atoms with Gasteiger partial charge in [-0.1, -0.05) is 6.07 Å². The molecule has 1 amide bonds. The van der Waals surface area contributed by atoms with Crippen LogP contribution in [0.15, 0.2) is 35.2 Å². The predicted molar refractivity (Wildman–Crippen MR) is 96.3 cm³/mol. The molecule has 1 aromatic carbocycles. The zero-order valence-electron chi connectivity index (χ0n) is 14.8. The maximum Gasteiger partial charge on any atom is 0.339 e. The van der Waals surface area contributed by atoms with Gasteiger partial charge in [-0.3, -0.25) is 4.79 Å². The Morgan fingerprint density at radius 3 is 2.54 bits per heavy atom. The van der Waals surface area contributed by atoms with Crippen LogP contribution in [0.1, 0.15) is 28.7 Å². The van der Waals surface area contributed by atoms with Crippen molar-refractivity contribution in [3.63, 3.8) is 0 Å². The van der Waals surface area contributed by atoms with E-state index in [0.717, 1.165) is 5.69 Å². The lowest BCUT2D eigenvalue weighted by molar-refractivity contribution is -0.116. The van der Waals surface area contributed by atoms with E-state index in [9.17, 15) is 18.0 Å². The number of nitrogens with zero attached hydrogens (tertiary/aromatic N) is 1. The van der Waals surface area contributed by atoms with Gasteiger partial charge in [0, 0.05) is 17.1 Å². The van der Waals surface area contributed by atoms with Crippen LogP contribution in [-0.4, -0.2) is 31.5 Å². The average Bonchev–Trinajstić information content (AvgIpc) is 2.83. The molecule has 3 N–H and O–H groups in total. The number of hydrogen-bond donors (Lipinski definition) is 2. The van der Waals surface area contributed by atoms with E-state index in [1.807, 2.05) is 0 Å². The van der Waals surface area contributed by atoms with Gasteiger partial charge >= 0.3 is 5.97 Å². The van der Waals surface area contributed by atoms with Crippen molar-refractivity contribution in [1.29, 1.82) is 0 Å². The average molecular weight is 379 g/mol. The van der Waals surface area contributed by atoms with E-state index >= 15 is 0 Å². The summed E-state index contributed by atoms with van der Waals surface area (Å²) >= 11 is 0. The fraction of sp³-hybridized carbons (Fsp3) is 0.294. The van der Waals surface area contributed by atoms with Crippen LogP contribution < -0.4 is 10.5 Å². The van der Waals surface area contributed by atoms with Gasteiger partial charge in [0.25, 0.3) is 0 Å². The second-order valence-electron chi connectivity index (χ2n) is 5.71. The monoisotopic (exact) mass is 379 g/mol. The van der Waals surface area contributed by atoms with Gasteiger partial charge in [0.15, 0.2) is 0 Å². The molecule has 140 valence electrons. The number of hydrogen-bond acceptors (Lipinski definition) is 5. The molecular formula is C17H21N3O5S. The Bertz CT molecular complexity index is 947. The first-order chi connectivity index (χ1) is 12.1. The molecule has 0 bridgehead atoms. The van der Waals surface area contributed by atoms with Gasteiger partial charge in [-0.05, 0) is 45.0 Å². The van der Waals surface area contributed by atoms with Gasteiger partial charge in [-0.25, -0.2) is 18.4 Å². The smallest absolute Gasteiger partial charge is 0.339 e. The molecule has 0 aliphatic carbocycles. The van der Waals surface area contributed by atoms with Crippen molar-refractivity contribution in [2.24, 2.45) is 5.14 Å². The van der Waals surface area contributed by atoms with E-state index in [1.165, 1.54) is 18.2 Å². The van der Waals surface area contributed by atoms with Gasteiger partial charge in [-0.2, -0.15) is 0 Å². The van der Waals surface area contributed by atoms with Crippen LogP contribution in [0.3, 0.4) is 0 Å². The molecule has 0 spiro atoms. The fourth-order valence-electron chi connectivity index (χ4n) is 2.55. The molecule has 2 rings (SSSR count). The Morgan fingerprint density at radius 2 is 1.92 bits per heavy atom. The van der Waals surface area contributed by atoms with Crippen molar-refractivity contribution >= 4 is 27.6 Å². The lowest BCUT2D eigenvalue weighted by Crippen LogP contribution is -2.21. The molecule has 0 radical (unpaired) electrons. The number of rotatable bonds is 6. The van der Waals surface area contributed by atoms with E-state index in [-0.39, 0.29) is 24.0 Å². The van der Waals surface area contributed by atoms with Gasteiger partial charge in [0.2, 0.25) is 15.9 Å². The van der Waals surface area contributed by atoms with E-state index in [2.05, 4.69) is 5.32 Å². The van der Waals surface area contributed by atoms with Crippen LogP contribution >= 0.6 is 0 Å². The SMILES string of the molecule is CCOC(=O)c1cc(C)n(CC(=O)Nc2cccc(S(N)(=O)=O)c2)c1C. The Morgan fingerprint density at radius 1 is 1.23 bits per heavy atom. The number of nitrogens with one attached hydrogen (secondary N) is 1. The highest BCUT2D eigenvalue weighted by molar-refractivity contribution is 7.89. The van der Waals surface area contributed by atoms with Crippen molar-refractivity contribution in [1.82, 2.24) is 4.57 Å². The Balaban J connectivity index is 2.17. The largest absolute Gasteiger partial charge is 0.462 e. The molecule has 1 aromatic heterocycles. The number of aromatic nitrogens is 1. The number of amides is 1. The second-order valence-corrected chi connectivity index (χ2v) is 7.27. The predicted octanol–water partition coefficient (Wildman–Crippen LogP) is 1.57. The number of aryl methyl sites for hydroxylation is 1. The molecule has 0 saturated carbocycles. The highest BCUT2D eigenvalue weighted by Crippen LogP contribution is 2.18. The number of benzene rings is 1. The number of nitrogens with two attached hydrogens (primary N) is 1. The summed E-state index contributed by atoms with van der Waals surface area (Å²) in [6.07, 6.45) is 0. The van der Waals surface area contributed by atoms with Crippen molar-refractivity contribution in [2.75, 3.05) is 11.9 Å². The van der Waals surface area contributed by atoms with Crippen molar-refractivity contribution in [3.05, 3.63) is 47.3 Å². The summed E-state index contributed by atoms with van der Waals surface area (Å²) in [4.78, 5) is 24.2.